The number of para-hydroxylation sites is 1. The summed E-state index contributed by atoms with van der Waals surface area (Å²) in [6.45, 7) is 1.86. The number of nitriles is 1. The van der Waals surface area contributed by atoms with Crippen LogP contribution in [0.15, 0.2) is 40.6 Å². The largest absolute Gasteiger partial charge is 0.282 e. The molecule has 0 spiro atoms. The minimum absolute atomic E-state index is 0.0174. The second-order valence-electron chi connectivity index (χ2n) is 4.25. The molecule has 6 nitrogen and oxygen atoms in total. The van der Waals surface area contributed by atoms with E-state index in [-0.39, 0.29) is 16.3 Å². The van der Waals surface area contributed by atoms with Gasteiger partial charge < -0.3 is 0 Å². The fraction of sp³-hybridized carbons (Fsp3) is 0.308. The van der Waals surface area contributed by atoms with E-state index in [1.54, 1.807) is 6.07 Å². The van der Waals surface area contributed by atoms with E-state index in [1.807, 2.05) is 6.92 Å². The third kappa shape index (κ3) is 5.21. The third-order valence-corrected chi connectivity index (χ3v) is 5.37. The number of unbranched alkanes of at least 4 members (excludes halogenated alkanes) is 1. The van der Waals surface area contributed by atoms with Crippen LogP contribution < -0.4 is 4.72 Å². The number of nitrogens with one attached hydrogen (secondary N) is 1. The molecular weight excluding hydrogens is 312 g/mol. The lowest BCUT2D eigenvalue weighted by Gasteiger charge is -2.11. The van der Waals surface area contributed by atoms with E-state index in [9.17, 15) is 16.8 Å². The molecule has 0 aromatic heterocycles. The minimum Gasteiger partial charge on any atom is -0.282 e. The maximum atomic E-state index is 12.0. The van der Waals surface area contributed by atoms with E-state index in [0.29, 0.717) is 12.8 Å². The number of benzene rings is 1. The molecule has 1 aromatic carbocycles. The number of sulfonamides is 1. The van der Waals surface area contributed by atoms with Crippen molar-refractivity contribution in [2.45, 2.75) is 24.7 Å². The van der Waals surface area contributed by atoms with Crippen molar-refractivity contribution < 1.29 is 16.8 Å². The smallest absolute Gasteiger partial charge is 0.232 e. The molecule has 0 amide bonds. The highest BCUT2D eigenvalue weighted by atomic mass is 32.2. The number of anilines is 1. The molecule has 1 aromatic rings. The van der Waals surface area contributed by atoms with Crippen molar-refractivity contribution in [3.8, 4) is 6.07 Å². The Labute approximate surface area is 125 Å². The van der Waals surface area contributed by atoms with E-state index in [4.69, 9.17) is 5.26 Å². The summed E-state index contributed by atoms with van der Waals surface area (Å²) in [6, 6.07) is 7.26. The second-order valence-corrected chi connectivity index (χ2v) is 7.89. The van der Waals surface area contributed by atoms with Gasteiger partial charge in [0.2, 0.25) is 19.9 Å². The Kier molecular flexibility index (Phi) is 5.93. The maximum Gasteiger partial charge on any atom is 0.232 e. The van der Waals surface area contributed by atoms with Gasteiger partial charge in [-0.15, -0.1) is 0 Å². The molecule has 0 heterocycles. The molecule has 0 radical (unpaired) electrons. The van der Waals surface area contributed by atoms with Crippen LogP contribution in [0.1, 0.15) is 19.8 Å². The van der Waals surface area contributed by atoms with Gasteiger partial charge in [-0.25, -0.2) is 16.8 Å². The molecule has 0 saturated carbocycles. The number of hydrogen-bond acceptors (Lipinski definition) is 5. The maximum absolute atomic E-state index is 12.0. The Morgan fingerprint density at radius 2 is 1.90 bits per heavy atom. The second kappa shape index (κ2) is 7.24. The molecule has 0 aliphatic heterocycles. The molecule has 0 aliphatic rings. The average Bonchev–Trinajstić information content (AvgIpc) is 2.43. The monoisotopic (exact) mass is 328 g/mol. The van der Waals surface area contributed by atoms with Gasteiger partial charge in [0.05, 0.1) is 22.4 Å². The van der Waals surface area contributed by atoms with Gasteiger partial charge in [-0.05, 0) is 18.6 Å². The normalized spacial score (nSPS) is 12.2. The van der Waals surface area contributed by atoms with Crippen LogP contribution in [0.2, 0.25) is 0 Å². The fourth-order valence-electron chi connectivity index (χ4n) is 1.55. The molecular formula is C13H16N2O4S2. The Bertz CT molecular complexity index is 760. The SMILES string of the molecule is CCCCS(=O)(=O)Nc1ccccc1S(=O)(=O)/C=C/C#N. The number of nitrogens with zero attached hydrogens (tertiary/aromatic N) is 1. The zero-order valence-corrected chi connectivity index (χ0v) is 13.1. The summed E-state index contributed by atoms with van der Waals surface area (Å²) >= 11 is 0. The summed E-state index contributed by atoms with van der Waals surface area (Å²) in [6.07, 6.45) is 2.03. The number of rotatable bonds is 7. The van der Waals surface area contributed by atoms with E-state index >= 15 is 0 Å². The Morgan fingerprint density at radius 3 is 2.52 bits per heavy atom. The molecule has 0 atom stereocenters. The average molecular weight is 328 g/mol. The predicted molar refractivity (Wildman–Crippen MR) is 80.7 cm³/mol. The van der Waals surface area contributed by atoms with E-state index in [1.165, 1.54) is 24.3 Å². The third-order valence-electron chi connectivity index (χ3n) is 2.55. The molecule has 0 fully saturated rings. The zero-order valence-electron chi connectivity index (χ0n) is 11.5. The predicted octanol–water partition coefficient (Wildman–Crippen LogP) is 2.04. The molecule has 8 heteroatoms. The molecule has 114 valence electrons. The van der Waals surface area contributed by atoms with Crippen molar-refractivity contribution in [3.63, 3.8) is 0 Å². The molecule has 21 heavy (non-hydrogen) atoms. The van der Waals surface area contributed by atoms with Crippen LogP contribution in [0.4, 0.5) is 5.69 Å². The summed E-state index contributed by atoms with van der Waals surface area (Å²) in [7, 11) is -7.48. The van der Waals surface area contributed by atoms with Gasteiger partial charge in [-0.3, -0.25) is 4.72 Å². The lowest BCUT2D eigenvalue weighted by atomic mass is 10.3. The van der Waals surface area contributed by atoms with Gasteiger partial charge in [0.1, 0.15) is 0 Å². The number of allylic oxidation sites excluding steroid dienone is 1. The summed E-state index contributed by atoms with van der Waals surface area (Å²) in [5.74, 6) is -0.0775. The van der Waals surface area contributed by atoms with Crippen molar-refractivity contribution in [1.29, 1.82) is 5.26 Å². The molecule has 0 saturated heterocycles. The van der Waals surface area contributed by atoms with Gasteiger partial charge in [-0.2, -0.15) is 5.26 Å². The molecule has 0 unspecified atom stereocenters. The van der Waals surface area contributed by atoms with Crippen LogP contribution in [0.5, 0.6) is 0 Å². The minimum atomic E-state index is -3.88. The molecule has 0 aliphatic carbocycles. The van der Waals surface area contributed by atoms with E-state index in [2.05, 4.69) is 4.72 Å². The lowest BCUT2D eigenvalue weighted by Crippen LogP contribution is -2.18. The first kappa shape index (κ1) is 17.2. The Morgan fingerprint density at radius 1 is 1.24 bits per heavy atom. The summed E-state index contributed by atoms with van der Waals surface area (Å²) in [5, 5.41) is 9.16. The van der Waals surface area contributed by atoms with Gasteiger partial charge in [0.25, 0.3) is 0 Å². The highest BCUT2D eigenvalue weighted by Gasteiger charge is 2.19. The van der Waals surface area contributed by atoms with Crippen molar-refractivity contribution in [2.75, 3.05) is 10.5 Å². The first-order valence-corrected chi connectivity index (χ1v) is 9.43. The van der Waals surface area contributed by atoms with Crippen LogP contribution in [0.25, 0.3) is 0 Å². The van der Waals surface area contributed by atoms with Gasteiger partial charge >= 0.3 is 0 Å². The number of sulfone groups is 1. The van der Waals surface area contributed by atoms with Crippen molar-refractivity contribution in [2.24, 2.45) is 0 Å². The van der Waals surface area contributed by atoms with Gasteiger partial charge in [-0.1, -0.05) is 25.5 Å². The molecule has 1 N–H and O–H groups in total. The quantitative estimate of drug-likeness (QED) is 0.771. The van der Waals surface area contributed by atoms with Crippen LogP contribution in [0.3, 0.4) is 0 Å². The van der Waals surface area contributed by atoms with Crippen LogP contribution in [-0.4, -0.2) is 22.6 Å². The zero-order chi connectivity index (χ0) is 15.9. The Hall–Kier alpha value is -1.85. The van der Waals surface area contributed by atoms with Crippen molar-refractivity contribution in [1.82, 2.24) is 0 Å². The van der Waals surface area contributed by atoms with Gasteiger partial charge in [0, 0.05) is 11.5 Å². The summed E-state index contributed by atoms with van der Waals surface area (Å²) < 4.78 is 50.1. The highest BCUT2D eigenvalue weighted by Crippen LogP contribution is 2.24. The fourth-order valence-corrected chi connectivity index (χ4v) is 3.97. The van der Waals surface area contributed by atoms with Crippen LogP contribution >= 0.6 is 0 Å². The topological polar surface area (TPSA) is 104 Å². The van der Waals surface area contributed by atoms with Crippen molar-refractivity contribution in [3.05, 3.63) is 35.7 Å². The first-order chi connectivity index (χ1) is 9.82. The van der Waals surface area contributed by atoms with E-state index in [0.717, 1.165) is 11.5 Å². The van der Waals surface area contributed by atoms with E-state index < -0.39 is 19.9 Å². The van der Waals surface area contributed by atoms with Crippen molar-refractivity contribution >= 4 is 25.5 Å². The van der Waals surface area contributed by atoms with Crippen LogP contribution in [0, 0.1) is 11.3 Å². The highest BCUT2D eigenvalue weighted by molar-refractivity contribution is 7.95. The first-order valence-electron chi connectivity index (χ1n) is 6.23. The number of hydrogen-bond donors (Lipinski definition) is 1. The lowest BCUT2D eigenvalue weighted by molar-refractivity contribution is 0.597. The standard InChI is InChI=1S/C13H16N2O4S2/c1-2-3-11-21(18,19)15-12-7-4-5-8-13(12)20(16,17)10-6-9-14/h4-8,10,15H,2-3,11H2,1H3/b10-6+. The van der Waals surface area contributed by atoms with Gasteiger partial charge in [0.15, 0.2) is 0 Å². The Balaban J connectivity index is 3.18. The molecule has 1 rings (SSSR count). The molecule has 0 bridgehead atoms. The summed E-state index contributed by atoms with van der Waals surface area (Å²) in [4.78, 5) is -0.184. The van der Waals surface area contributed by atoms with Crippen LogP contribution in [-0.2, 0) is 19.9 Å². The summed E-state index contributed by atoms with van der Waals surface area (Å²) in [5.41, 5.74) is -0.0174.